The van der Waals surface area contributed by atoms with E-state index in [2.05, 4.69) is 10.6 Å². The molecule has 5 heteroatoms. The molecule has 0 aliphatic carbocycles. The SMILES string of the molecule is CN(CC(=O)NCCc1ccccc1)CC(=O)NC(C)(C)C. The fourth-order valence-corrected chi connectivity index (χ4v) is 2.05. The molecule has 0 heterocycles. The number of rotatable bonds is 7. The van der Waals surface area contributed by atoms with E-state index in [-0.39, 0.29) is 30.4 Å². The van der Waals surface area contributed by atoms with Gasteiger partial charge in [0, 0.05) is 12.1 Å². The van der Waals surface area contributed by atoms with Crippen LogP contribution in [0.1, 0.15) is 26.3 Å². The van der Waals surface area contributed by atoms with Crippen molar-refractivity contribution in [2.45, 2.75) is 32.7 Å². The number of likely N-dealkylation sites (N-methyl/N-ethyl adjacent to an activating group) is 1. The first-order valence-corrected chi connectivity index (χ1v) is 7.56. The zero-order valence-electron chi connectivity index (χ0n) is 14.0. The molecule has 5 nitrogen and oxygen atoms in total. The molecule has 0 atom stereocenters. The van der Waals surface area contributed by atoms with Gasteiger partial charge >= 0.3 is 0 Å². The summed E-state index contributed by atoms with van der Waals surface area (Å²) in [7, 11) is 1.76. The summed E-state index contributed by atoms with van der Waals surface area (Å²) in [5.41, 5.74) is 0.941. The standard InChI is InChI=1S/C17H27N3O2/c1-17(2,3)19-16(22)13-20(4)12-15(21)18-11-10-14-8-6-5-7-9-14/h5-9H,10-13H2,1-4H3,(H,18,21)(H,19,22). The molecule has 0 saturated heterocycles. The normalized spacial score (nSPS) is 11.3. The van der Waals surface area contributed by atoms with Crippen LogP contribution in [-0.4, -0.2) is 48.9 Å². The van der Waals surface area contributed by atoms with Crippen LogP contribution in [0, 0.1) is 0 Å². The fraction of sp³-hybridized carbons (Fsp3) is 0.529. The van der Waals surface area contributed by atoms with E-state index in [4.69, 9.17) is 0 Å². The summed E-state index contributed by atoms with van der Waals surface area (Å²) < 4.78 is 0. The molecule has 0 spiro atoms. The molecular weight excluding hydrogens is 278 g/mol. The monoisotopic (exact) mass is 305 g/mol. The Hall–Kier alpha value is -1.88. The van der Waals surface area contributed by atoms with E-state index in [1.54, 1.807) is 11.9 Å². The minimum absolute atomic E-state index is 0.0676. The number of amides is 2. The van der Waals surface area contributed by atoms with Crippen LogP contribution >= 0.6 is 0 Å². The van der Waals surface area contributed by atoms with E-state index in [1.807, 2.05) is 51.1 Å². The second-order valence-corrected chi connectivity index (χ2v) is 6.56. The van der Waals surface area contributed by atoms with Gasteiger partial charge in [-0.1, -0.05) is 30.3 Å². The van der Waals surface area contributed by atoms with Gasteiger partial charge in [0.25, 0.3) is 0 Å². The highest BCUT2D eigenvalue weighted by atomic mass is 16.2. The quantitative estimate of drug-likeness (QED) is 0.795. The Kier molecular flexibility index (Phi) is 7.05. The van der Waals surface area contributed by atoms with Gasteiger partial charge in [0.15, 0.2) is 0 Å². The van der Waals surface area contributed by atoms with Gasteiger partial charge < -0.3 is 10.6 Å². The Labute approximate surface area is 133 Å². The lowest BCUT2D eigenvalue weighted by atomic mass is 10.1. The van der Waals surface area contributed by atoms with Crippen molar-refractivity contribution in [1.29, 1.82) is 0 Å². The number of hydrogen-bond donors (Lipinski definition) is 2. The Morgan fingerprint density at radius 1 is 1.05 bits per heavy atom. The van der Waals surface area contributed by atoms with E-state index in [9.17, 15) is 9.59 Å². The molecule has 22 heavy (non-hydrogen) atoms. The Bertz CT molecular complexity index is 480. The van der Waals surface area contributed by atoms with Crippen molar-refractivity contribution in [1.82, 2.24) is 15.5 Å². The lowest BCUT2D eigenvalue weighted by Gasteiger charge is -2.23. The zero-order chi connectivity index (χ0) is 16.6. The van der Waals surface area contributed by atoms with Crippen molar-refractivity contribution in [2.75, 3.05) is 26.7 Å². The zero-order valence-corrected chi connectivity index (χ0v) is 14.0. The topological polar surface area (TPSA) is 61.4 Å². The molecule has 0 radical (unpaired) electrons. The van der Waals surface area contributed by atoms with Gasteiger partial charge in [0.1, 0.15) is 0 Å². The van der Waals surface area contributed by atoms with Gasteiger partial charge in [-0.25, -0.2) is 0 Å². The lowest BCUT2D eigenvalue weighted by Crippen LogP contribution is -2.46. The number of hydrogen-bond acceptors (Lipinski definition) is 3. The molecule has 0 fully saturated rings. The molecule has 0 bridgehead atoms. The van der Waals surface area contributed by atoms with E-state index >= 15 is 0 Å². The minimum atomic E-state index is -0.254. The fourth-order valence-electron chi connectivity index (χ4n) is 2.05. The molecular formula is C17H27N3O2. The second-order valence-electron chi connectivity index (χ2n) is 6.56. The van der Waals surface area contributed by atoms with Crippen LogP contribution in [0.15, 0.2) is 30.3 Å². The number of carbonyl (C=O) groups excluding carboxylic acids is 2. The van der Waals surface area contributed by atoms with Gasteiger partial charge in [-0.15, -0.1) is 0 Å². The molecule has 1 aromatic carbocycles. The molecule has 1 aromatic rings. The number of nitrogens with zero attached hydrogens (tertiary/aromatic N) is 1. The van der Waals surface area contributed by atoms with Crippen molar-refractivity contribution in [3.8, 4) is 0 Å². The second kappa shape index (κ2) is 8.54. The largest absolute Gasteiger partial charge is 0.355 e. The smallest absolute Gasteiger partial charge is 0.234 e. The summed E-state index contributed by atoms with van der Waals surface area (Å²) >= 11 is 0. The molecule has 0 saturated carbocycles. The Morgan fingerprint density at radius 2 is 1.64 bits per heavy atom. The number of benzene rings is 1. The van der Waals surface area contributed by atoms with E-state index in [0.29, 0.717) is 6.54 Å². The van der Waals surface area contributed by atoms with Crippen LogP contribution in [0.2, 0.25) is 0 Å². The summed E-state index contributed by atoms with van der Waals surface area (Å²) in [5.74, 6) is -0.144. The van der Waals surface area contributed by atoms with Crippen LogP contribution in [0.3, 0.4) is 0 Å². The van der Waals surface area contributed by atoms with Crippen molar-refractivity contribution < 1.29 is 9.59 Å². The van der Waals surface area contributed by atoms with Gasteiger partial charge in [-0.3, -0.25) is 14.5 Å². The first kappa shape index (κ1) is 18.2. The molecule has 0 aliphatic heterocycles. The van der Waals surface area contributed by atoms with Crippen molar-refractivity contribution in [2.24, 2.45) is 0 Å². The Morgan fingerprint density at radius 3 is 2.23 bits per heavy atom. The van der Waals surface area contributed by atoms with Crippen molar-refractivity contribution >= 4 is 11.8 Å². The minimum Gasteiger partial charge on any atom is -0.355 e. The van der Waals surface area contributed by atoms with Crippen molar-refractivity contribution in [3.05, 3.63) is 35.9 Å². The summed E-state index contributed by atoms with van der Waals surface area (Å²) in [6.07, 6.45) is 0.806. The van der Waals surface area contributed by atoms with Crippen LogP contribution in [0.5, 0.6) is 0 Å². The summed E-state index contributed by atoms with van der Waals surface area (Å²) in [6.45, 7) is 6.82. The van der Waals surface area contributed by atoms with Crippen LogP contribution < -0.4 is 10.6 Å². The van der Waals surface area contributed by atoms with Crippen LogP contribution in [0.25, 0.3) is 0 Å². The molecule has 0 aromatic heterocycles. The van der Waals surface area contributed by atoms with E-state index < -0.39 is 0 Å². The van der Waals surface area contributed by atoms with E-state index in [1.165, 1.54) is 5.56 Å². The third-order valence-corrected chi connectivity index (χ3v) is 2.92. The van der Waals surface area contributed by atoms with Gasteiger partial charge in [-0.2, -0.15) is 0 Å². The van der Waals surface area contributed by atoms with Crippen LogP contribution in [-0.2, 0) is 16.0 Å². The average Bonchev–Trinajstić information content (AvgIpc) is 2.37. The summed E-state index contributed by atoms with van der Waals surface area (Å²) in [5, 5.41) is 5.75. The maximum absolute atomic E-state index is 11.8. The van der Waals surface area contributed by atoms with Crippen LogP contribution in [0.4, 0.5) is 0 Å². The van der Waals surface area contributed by atoms with Gasteiger partial charge in [-0.05, 0) is 39.8 Å². The molecule has 0 aliphatic rings. The summed E-state index contributed by atoms with van der Waals surface area (Å²) in [6, 6.07) is 10.0. The first-order chi connectivity index (χ1) is 10.3. The third kappa shape index (κ3) is 8.42. The summed E-state index contributed by atoms with van der Waals surface area (Å²) in [4.78, 5) is 25.3. The number of nitrogens with one attached hydrogen (secondary N) is 2. The third-order valence-electron chi connectivity index (χ3n) is 2.92. The molecule has 2 N–H and O–H groups in total. The predicted octanol–water partition coefficient (Wildman–Crippen LogP) is 1.19. The maximum Gasteiger partial charge on any atom is 0.234 e. The van der Waals surface area contributed by atoms with E-state index in [0.717, 1.165) is 6.42 Å². The first-order valence-electron chi connectivity index (χ1n) is 7.56. The van der Waals surface area contributed by atoms with Crippen molar-refractivity contribution in [3.63, 3.8) is 0 Å². The molecule has 0 unspecified atom stereocenters. The molecule has 122 valence electrons. The molecule has 2 amide bonds. The maximum atomic E-state index is 11.8. The highest BCUT2D eigenvalue weighted by molar-refractivity contribution is 5.81. The van der Waals surface area contributed by atoms with Gasteiger partial charge in [0.2, 0.25) is 11.8 Å². The number of carbonyl (C=O) groups is 2. The van der Waals surface area contributed by atoms with Gasteiger partial charge in [0.05, 0.1) is 13.1 Å². The highest BCUT2D eigenvalue weighted by Crippen LogP contribution is 1.99. The predicted molar refractivity (Wildman–Crippen MR) is 88.5 cm³/mol. The average molecular weight is 305 g/mol. The Balaban J connectivity index is 2.22. The lowest BCUT2D eigenvalue weighted by molar-refractivity contribution is -0.125. The molecule has 1 rings (SSSR count). The highest BCUT2D eigenvalue weighted by Gasteiger charge is 2.16.